The second-order valence-corrected chi connectivity index (χ2v) is 8.26. The Bertz CT molecular complexity index is 1350. The zero-order valence-electron chi connectivity index (χ0n) is 17.0. The predicted molar refractivity (Wildman–Crippen MR) is 122 cm³/mol. The third-order valence-corrected chi connectivity index (χ3v) is 6.01. The fraction of sp³-hybridized carbons (Fsp3) is 0.190. The largest absolute Gasteiger partial charge is 0.379 e. The normalized spacial score (nSPS) is 13.5. The molecule has 4 heterocycles. The molecule has 5 rings (SSSR count). The standard InChI is InChI=1S/C17H9ClF2N4O2S.C4H9NO/c18-8-5-22-17(26)12-13(7-4-11(16(21)25)27-6-7)23-24(14(8)12)15-9(19)2-1-3-10(15)20;1-3-6-4-2-5-1/h1-6H,(H2,21,25)(H,22,26);5H,1-4H2. The number of amides is 1. The van der Waals surface area contributed by atoms with Crippen molar-refractivity contribution >= 4 is 39.7 Å². The summed E-state index contributed by atoms with van der Waals surface area (Å²) < 4.78 is 34.6. The van der Waals surface area contributed by atoms with Crippen molar-refractivity contribution in [3.05, 3.63) is 67.7 Å². The lowest BCUT2D eigenvalue weighted by atomic mass is 10.1. The van der Waals surface area contributed by atoms with Crippen LogP contribution in [0.1, 0.15) is 9.67 Å². The molecule has 1 aliphatic heterocycles. The molecule has 1 saturated heterocycles. The summed E-state index contributed by atoms with van der Waals surface area (Å²) in [4.78, 5) is 26.5. The molecular formula is C21H18ClF2N5O3S. The van der Waals surface area contributed by atoms with Gasteiger partial charge in [-0.25, -0.2) is 13.5 Å². The van der Waals surface area contributed by atoms with E-state index in [1.807, 2.05) is 0 Å². The van der Waals surface area contributed by atoms with Gasteiger partial charge in [0.1, 0.15) is 16.9 Å². The first-order chi connectivity index (χ1) is 15.9. The highest BCUT2D eigenvalue weighted by Crippen LogP contribution is 2.34. The number of H-pyrrole nitrogens is 1. The summed E-state index contributed by atoms with van der Waals surface area (Å²) in [5.74, 6) is -2.38. The number of morpholine rings is 1. The van der Waals surface area contributed by atoms with Crippen molar-refractivity contribution in [2.24, 2.45) is 5.73 Å². The Morgan fingerprint density at radius 2 is 1.94 bits per heavy atom. The van der Waals surface area contributed by atoms with E-state index in [9.17, 15) is 18.4 Å². The molecule has 4 aromatic rings. The quantitative estimate of drug-likeness (QED) is 0.406. The van der Waals surface area contributed by atoms with E-state index in [4.69, 9.17) is 22.1 Å². The van der Waals surface area contributed by atoms with Gasteiger partial charge >= 0.3 is 0 Å². The Hall–Kier alpha value is -3.12. The third kappa shape index (κ3) is 4.67. The van der Waals surface area contributed by atoms with Crippen molar-refractivity contribution in [2.75, 3.05) is 26.3 Å². The number of hydrogen-bond donors (Lipinski definition) is 3. The summed E-state index contributed by atoms with van der Waals surface area (Å²) in [5, 5.41) is 9.06. The number of aromatic amines is 1. The van der Waals surface area contributed by atoms with Crippen molar-refractivity contribution in [1.29, 1.82) is 0 Å². The van der Waals surface area contributed by atoms with Crippen LogP contribution in [-0.4, -0.2) is 47.0 Å². The number of para-hydroxylation sites is 1. The maximum absolute atomic E-state index is 14.3. The van der Waals surface area contributed by atoms with Crippen LogP contribution >= 0.6 is 22.9 Å². The van der Waals surface area contributed by atoms with Gasteiger partial charge in [0.05, 0.1) is 28.5 Å². The van der Waals surface area contributed by atoms with Crippen LogP contribution in [0, 0.1) is 11.6 Å². The number of benzene rings is 1. The van der Waals surface area contributed by atoms with E-state index in [-0.39, 0.29) is 26.5 Å². The van der Waals surface area contributed by atoms with E-state index in [0.717, 1.165) is 54.5 Å². The van der Waals surface area contributed by atoms with Crippen molar-refractivity contribution < 1.29 is 18.3 Å². The van der Waals surface area contributed by atoms with E-state index in [2.05, 4.69) is 15.4 Å². The van der Waals surface area contributed by atoms with Gasteiger partial charge in [-0.1, -0.05) is 17.7 Å². The van der Waals surface area contributed by atoms with Crippen LogP contribution in [0.15, 0.2) is 40.6 Å². The van der Waals surface area contributed by atoms with Crippen molar-refractivity contribution in [3.8, 4) is 16.9 Å². The molecule has 0 bridgehead atoms. The van der Waals surface area contributed by atoms with Crippen molar-refractivity contribution in [2.45, 2.75) is 0 Å². The number of nitrogens with zero attached hydrogens (tertiary/aromatic N) is 2. The maximum Gasteiger partial charge on any atom is 0.259 e. The number of primary amides is 1. The Morgan fingerprint density at radius 1 is 1.24 bits per heavy atom. The lowest BCUT2D eigenvalue weighted by molar-refractivity contribution is 0.100. The molecule has 0 atom stereocenters. The molecular weight excluding hydrogens is 476 g/mol. The van der Waals surface area contributed by atoms with Crippen LogP contribution in [0.5, 0.6) is 0 Å². The number of nitrogens with one attached hydrogen (secondary N) is 2. The van der Waals surface area contributed by atoms with E-state index in [1.165, 1.54) is 18.3 Å². The zero-order chi connectivity index (χ0) is 23.5. The summed E-state index contributed by atoms with van der Waals surface area (Å²) in [6.45, 7) is 3.83. The molecule has 172 valence electrons. The summed E-state index contributed by atoms with van der Waals surface area (Å²) in [6.07, 6.45) is 1.22. The topological polar surface area (TPSA) is 115 Å². The monoisotopic (exact) mass is 493 g/mol. The number of carbonyl (C=O) groups excluding carboxylic acids is 1. The lowest BCUT2D eigenvalue weighted by Crippen LogP contribution is -2.30. The van der Waals surface area contributed by atoms with E-state index in [1.54, 1.807) is 5.38 Å². The van der Waals surface area contributed by atoms with Crippen molar-refractivity contribution in [1.82, 2.24) is 20.1 Å². The van der Waals surface area contributed by atoms with Gasteiger partial charge in [0.25, 0.3) is 11.5 Å². The number of thiophene rings is 1. The van der Waals surface area contributed by atoms with Gasteiger partial charge in [0, 0.05) is 30.2 Å². The molecule has 1 aromatic carbocycles. The van der Waals surface area contributed by atoms with E-state index >= 15 is 0 Å². The zero-order valence-corrected chi connectivity index (χ0v) is 18.6. The molecule has 12 heteroatoms. The van der Waals surface area contributed by atoms with Gasteiger partial charge in [-0.2, -0.15) is 5.10 Å². The minimum Gasteiger partial charge on any atom is -0.379 e. The van der Waals surface area contributed by atoms with Gasteiger partial charge in [-0.15, -0.1) is 11.3 Å². The molecule has 0 radical (unpaired) electrons. The smallest absolute Gasteiger partial charge is 0.259 e. The third-order valence-electron chi connectivity index (χ3n) is 4.78. The highest BCUT2D eigenvalue weighted by Gasteiger charge is 2.23. The molecule has 1 amide bonds. The number of fused-ring (bicyclic) bond motifs is 1. The summed E-state index contributed by atoms with van der Waals surface area (Å²) in [5.41, 5.74) is 4.83. The van der Waals surface area contributed by atoms with Crippen LogP contribution in [-0.2, 0) is 4.74 Å². The maximum atomic E-state index is 14.3. The second kappa shape index (κ2) is 9.79. The Labute approximate surface area is 194 Å². The molecule has 0 aliphatic carbocycles. The van der Waals surface area contributed by atoms with Crippen LogP contribution in [0.25, 0.3) is 27.8 Å². The number of pyridine rings is 1. The van der Waals surface area contributed by atoms with Crippen LogP contribution in [0.3, 0.4) is 0 Å². The number of halogens is 3. The minimum absolute atomic E-state index is 0.0407. The van der Waals surface area contributed by atoms with Gasteiger partial charge in [-0.3, -0.25) is 9.59 Å². The van der Waals surface area contributed by atoms with Crippen LogP contribution in [0.2, 0.25) is 5.02 Å². The minimum atomic E-state index is -0.870. The van der Waals surface area contributed by atoms with Crippen LogP contribution < -0.4 is 16.6 Å². The van der Waals surface area contributed by atoms with Crippen LogP contribution in [0.4, 0.5) is 8.78 Å². The molecule has 1 fully saturated rings. The predicted octanol–water partition coefficient (Wildman–Crippen LogP) is 3.08. The van der Waals surface area contributed by atoms with Crippen molar-refractivity contribution in [3.63, 3.8) is 0 Å². The molecule has 8 nitrogen and oxygen atoms in total. The van der Waals surface area contributed by atoms with Gasteiger partial charge in [0.2, 0.25) is 0 Å². The van der Waals surface area contributed by atoms with Gasteiger partial charge in [-0.05, 0) is 18.2 Å². The summed E-state index contributed by atoms with van der Waals surface area (Å²) >= 11 is 7.26. The first-order valence-electron chi connectivity index (χ1n) is 9.80. The second-order valence-electron chi connectivity index (χ2n) is 6.95. The fourth-order valence-corrected chi connectivity index (χ4v) is 4.26. The Morgan fingerprint density at radius 3 is 2.48 bits per heavy atom. The molecule has 0 saturated carbocycles. The molecule has 0 unspecified atom stereocenters. The highest BCUT2D eigenvalue weighted by molar-refractivity contribution is 7.12. The highest BCUT2D eigenvalue weighted by atomic mass is 35.5. The Balaban J connectivity index is 0.000000376. The molecule has 0 spiro atoms. The fourth-order valence-electron chi connectivity index (χ4n) is 3.28. The van der Waals surface area contributed by atoms with Gasteiger partial charge in [0.15, 0.2) is 11.6 Å². The molecule has 4 N–H and O–H groups in total. The van der Waals surface area contributed by atoms with E-state index < -0.39 is 28.8 Å². The summed E-state index contributed by atoms with van der Waals surface area (Å²) in [6, 6.07) is 4.81. The Kier molecular flexibility index (Phi) is 6.84. The number of ether oxygens (including phenoxy) is 1. The number of nitrogens with two attached hydrogens (primary N) is 1. The first kappa shape index (κ1) is 23.1. The number of hydrogen-bond acceptors (Lipinski definition) is 6. The SMILES string of the molecule is C1COCCN1.NC(=O)c1cc(-c2nn(-c3c(F)cccc3F)c3c(Cl)c[nH]c(=O)c23)cs1. The molecule has 1 aliphatic rings. The number of carbonyl (C=O) groups is 1. The summed E-state index contributed by atoms with van der Waals surface area (Å²) in [7, 11) is 0. The number of rotatable bonds is 3. The van der Waals surface area contributed by atoms with Gasteiger partial charge < -0.3 is 20.8 Å². The average molecular weight is 494 g/mol. The number of aromatic nitrogens is 3. The average Bonchev–Trinajstić information content (AvgIpc) is 3.44. The lowest BCUT2D eigenvalue weighted by Gasteiger charge is -2.10. The first-order valence-corrected chi connectivity index (χ1v) is 11.1. The molecule has 3 aromatic heterocycles. The molecule has 33 heavy (non-hydrogen) atoms. The van der Waals surface area contributed by atoms with E-state index in [0.29, 0.717) is 5.56 Å².